The first-order valence-corrected chi connectivity index (χ1v) is 5.84. The Balaban J connectivity index is 2.34. The van der Waals surface area contributed by atoms with E-state index < -0.39 is 0 Å². The van der Waals surface area contributed by atoms with E-state index in [1.807, 2.05) is 62.5 Å². The van der Waals surface area contributed by atoms with E-state index in [0.29, 0.717) is 0 Å². The van der Waals surface area contributed by atoms with Crippen LogP contribution in [0.4, 0.5) is 5.69 Å². The lowest BCUT2D eigenvalue weighted by Crippen LogP contribution is -2.20. The van der Waals surface area contributed by atoms with Crippen LogP contribution in [0.25, 0.3) is 0 Å². The van der Waals surface area contributed by atoms with Crippen molar-refractivity contribution in [2.45, 2.75) is 6.92 Å². The third-order valence-corrected chi connectivity index (χ3v) is 2.84. The summed E-state index contributed by atoms with van der Waals surface area (Å²) in [5, 5.41) is 6.29. The van der Waals surface area contributed by atoms with Crippen molar-refractivity contribution < 1.29 is 0 Å². The van der Waals surface area contributed by atoms with Crippen LogP contribution in [0.5, 0.6) is 0 Å². The second kappa shape index (κ2) is 4.67. The van der Waals surface area contributed by atoms with Crippen LogP contribution in [-0.2, 0) is 0 Å². The number of anilines is 1. The van der Waals surface area contributed by atoms with Crippen molar-refractivity contribution in [3.8, 4) is 0 Å². The second-order valence-corrected chi connectivity index (χ2v) is 4.53. The van der Waals surface area contributed by atoms with Gasteiger partial charge in [-0.25, -0.2) is 5.01 Å². The number of benzene rings is 1. The highest BCUT2D eigenvalue weighted by atomic mass is 32.1. The number of hydrogen-bond acceptors (Lipinski definition) is 3. The summed E-state index contributed by atoms with van der Waals surface area (Å²) in [6, 6.07) is 9.95. The van der Waals surface area contributed by atoms with E-state index >= 15 is 0 Å². The summed E-state index contributed by atoms with van der Waals surface area (Å²) in [6.45, 7) is 1.98. The molecule has 0 aromatic heterocycles. The Bertz CT molecular complexity index is 489. The Hall–Kier alpha value is -1.68. The van der Waals surface area contributed by atoms with E-state index in [1.54, 1.807) is 5.01 Å². The van der Waals surface area contributed by atoms with Gasteiger partial charge in [-0.05, 0) is 19.1 Å². The molecule has 0 N–H and O–H groups in total. The Kier molecular flexibility index (Phi) is 3.24. The fourth-order valence-electron chi connectivity index (χ4n) is 1.67. The molecule has 88 valence electrons. The first-order chi connectivity index (χ1) is 8.09. The molecule has 17 heavy (non-hydrogen) atoms. The second-order valence-electron chi connectivity index (χ2n) is 4.14. The molecule has 0 saturated carbocycles. The lowest BCUT2D eigenvalue weighted by atomic mass is 10.2. The first kappa shape index (κ1) is 11.8. The molecule has 4 heteroatoms. The van der Waals surface area contributed by atoms with Crippen molar-refractivity contribution >= 4 is 28.6 Å². The average Bonchev–Trinajstić information content (AvgIpc) is 2.58. The van der Waals surface area contributed by atoms with Crippen molar-refractivity contribution in [3.05, 3.63) is 42.1 Å². The molecular weight excluding hydrogens is 230 g/mol. The van der Waals surface area contributed by atoms with Crippen molar-refractivity contribution in [3.63, 3.8) is 0 Å². The molecule has 3 nitrogen and oxygen atoms in total. The summed E-state index contributed by atoms with van der Waals surface area (Å²) in [6.07, 6.45) is 2.00. The quantitative estimate of drug-likeness (QED) is 0.589. The highest BCUT2D eigenvalue weighted by Crippen LogP contribution is 2.24. The molecular formula is C13H15N3S. The van der Waals surface area contributed by atoms with Crippen molar-refractivity contribution in [2.24, 2.45) is 5.10 Å². The number of para-hydroxylation sites is 1. The minimum absolute atomic E-state index is 0.752. The fraction of sp³-hybridized carbons (Fsp3) is 0.231. The number of hydrazone groups is 1. The SMILES string of the molecule is CC1=NN(c2ccccc2)C(=S)C1=CN(C)C. The predicted octanol–water partition coefficient (Wildman–Crippen LogP) is 2.66. The van der Waals surface area contributed by atoms with E-state index in [1.165, 1.54) is 0 Å². The average molecular weight is 245 g/mol. The molecule has 0 radical (unpaired) electrons. The lowest BCUT2D eigenvalue weighted by molar-refractivity contribution is 0.563. The zero-order chi connectivity index (χ0) is 12.4. The van der Waals surface area contributed by atoms with Gasteiger partial charge in [0.2, 0.25) is 0 Å². The minimum Gasteiger partial charge on any atom is -0.383 e. The topological polar surface area (TPSA) is 18.8 Å². The molecule has 0 atom stereocenters. The monoisotopic (exact) mass is 245 g/mol. The smallest absolute Gasteiger partial charge is 0.138 e. The first-order valence-electron chi connectivity index (χ1n) is 5.43. The highest BCUT2D eigenvalue weighted by Gasteiger charge is 2.24. The molecule has 1 aromatic rings. The minimum atomic E-state index is 0.752. The van der Waals surface area contributed by atoms with E-state index in [-0.39, 0.29) is 0 Å². The van der Waals surface area contributed by atoms with Gasteiger partial charge in [0, 0.05) is 20.3 Å². The van der Waals surface area contributed by atoms with Gasteiger partial charge in [-0.1, -0.05) is 30.4 Å². The maximum absolute atomic E-state index is 5.46. The zero-order valence-electron chi connectivity index (χ0n) is 10.2. The Morgan fingerprint density at radius 3 is 2.47 bits per heavy atom. The number of nitrogens with zero attached hydrogens (tertiary/aromatic N) is 3. The standard InChI is InChI=1S/C13H15N3S/c1-10-12(9-15(2)3)13(17)16(14-10)11-7-5-4-6-8-11/h4-9H,1-3H3. The summed E-state index contributed by atoms with van der Waals surface area (Å²) in [5.41, 5.74) is 2.96. The van der Waals surface area contributed by atoms with Gasteiger partial charge < -0.3 is 4.90 Å². The van der Waals surface area contributed by atoms with Crippen molar-refractivity contribution in [2.75, 3.05) is 19.1 Å². The number of thiocarbonyl (C=S) groups is 1. The molecule has 0 bridgehead atoms. The predicted molar refractivity (Wildman–Crippen MR) is 76.4 cm³/mol. The third-order valence-electron chi connectivity index (χ3n) is 2.45. The molecule has 1 aliphatic heterocycles. The molecule has 0 saturated heterocycles. The van der Waals surface area contributed by atoms with Crippen LogP contribution in [0.15, 0.2) is 47.2 Å². The summed E-state index contributed by atoms with van der Waals surface area (Å²) in [4.78, 5) is 2.73. The molecule has 0 fully saturated rings. The van der Waals surface area contributed by atoms with Gasteiger partial charge >= 0.3 is 0 Å². The van der Waals surface area contributed by atoms with Crippen molar-refractivity contribution in [1.29, 1.82) is 0 Å². The normalized spacial score (nSPS) is 17.6. The molecule has 0 unspecified atom stereocenters. The van der Waals surface area contributed by atoms with Gasteiger partial charge in [0.1, 0.15) is 4.99 Å². The largest absolute Gasteiger partial charge is 0.383 e. The Labute approximate surface area is 107 Å². The molecule has 0 amide bonds. The van der Waals surface area contributed by atoms with Crippen LogP contribution < -0.4 is 5.01 Å². The molecule has 0 spiro atoms. The highest BCUT2D eigenvalue weighted by molar-refractivity contribution is 7.81. The summed E-state index contributed by atoms with van der Waals surface area (Å²) in [7, 11) is 3.96. The lowest BCUT2D eigenvalue weighted by Gasteiger charge is -2.14. The van der Waals surface area contributed by atoms with E-state index in [9.17, 15) is 0 Å². The maximum atomic E-state index is 5.46. The van der Waals surface area contributed by atoms with Crippen LogP contribution in [0, 0.1) is 0 Å². The van der Waals surface area contributed by atoms with Gasteiger partial charge in [0.15, 0.2) is 0 Å². The molecule has 0 aliphatic carbocycles. The van der Waals surface area contributed by atoms with Crippen LogP contribution in [-0.4, -0.2) is 29.7 Å². The van der Waals surface area contributed by atoms with Gasteiger partial charge in [-0.15, -0.1) is 0 Å². The molecule has 1 heterocycles. The zero-order valence-corrected chi connectivity index (χ0v) is 11.0. The number of hydrogen-bond donors (Lipinski definition) is 0. The molecule has 2 rings (SSSR count). The van der Waals surface area contributed by atoms with Gasteiger partial charge in [-0.2, -0.15) is 5.10 Å². The van der Waals surface area contributed by atoms with Gasteiger partial charge in [0.25, 0.3) is 0 Å². The number of rotatable bonds is 2. The summed E-state index contributed by atoms with van der Waals surface area (Å²) >= 11 is 5.46. The maximum Gasteiger partial charge on any atom is 0.138 e. The molecule has 1 aliphatic rings. The van der Waals surface area contributed by atoms with Gasteiger partial charge in [0.05, 0.1) is 17.0 Å². The van der Waals surface area contributed by atoms with E-state index in [0.717, 1.165) is 22.0 Å². The third kappa shape index (κ3) is 2.36. The summed E-state index contributed by atoms with van der Waals surface area (Å²) in [5.74, 6) is 0. The van der Waals surface area contributed by atoms with Crippen molar-refractivity contribution in [1.82, 2.24) is 4.90 Å². The van der Waals surface area contributed by atoms with Crippen LogP contribution in [0.3, 0.4) is 0 Å². The molecule has 1 aromatic carbocycles. The fourth-order valence-corrected chi connectivity index (χ4v) is 2.02. The van der Waals surface area contributed by atoms with Crippen LogP contribution in [0.1, 0.15) is 6.92 Å². The van der Waals surface area contributed by atoms with Gasteiger partial charge in [-0.3, -0.25) is 0 Å². The summed E-state index contributed by atoms with van der Waals surface area (Å²) < 4.78 is 0. The Morgan fingerprint density at radius 1 is 1.24 bits per heavy atom. The van der Waals surface area contributed by atoms with E-state index in [4.69, 9.17) is 12.2 Å². The van der Waals surface area contributed by atoms with Crippen LogP contribution in [0.2, 0.25) is 0 Å². The van der Waals surface area contributed by atoms with Crippen LogP contribution >= 0.6 is 12.2 Å². The Morgan fingerprint density at radius 2 is 1.88 bits per heavy atom. The van der Waals surface area contributed by atoms with E-state index in [2.05, 4.69) is 5.10 Å².